The molecule has 2 heterocycles. The van der Waals surface area contributed by atoms with Crippen molar-refractivity contribution in [3.63, 3.8) is 0 Å². The Balaban J connectivity index is 2.00. The highest BCUT2D eigenvalue weighted by atomic mass is 16.5. The third kappa shape index (κ3) is 3.90. The van der Waals surface area contributed by atoms with Crippen molar-refractivity contribution in [3.8, 4) is 0 Å². The highest BCUT2D eigenvalue weighted by Gasteiger charge is 2.16. The third-order valence-corrected chi connectivity index (χ3v) is 2.90. The summed E-state index contributed by atoms with van der Waals surface area (Å²) in [5.41, 5.74) is 4.29. The van der Waals surface area contributed by atoms with Crippen LogP contribution in [0.15, 0.2) is 18.5 Å². The zero-order chi connectivity index (χ0) is 13.5. The Kier molecular flexibility index (Phi) is 5.11. The zero-order valence-corrected chi connectivity index (χ0v) is 11.2. The summed E-state index contributed by atoms with van der Waals surface area (Å²) in [6.45, 7) is 5.64. The lowest BCUT2D eigenvalue weighted by molar-refractivity contribution is 0.0126. The Morgan fingerprint density at radius 3 is 3.00 bits per heavy atom. The SMILES string of the molecule is CCCNc1cnccc1C(=O)NN1CCOCC1. The van der Waals surface area contributed by atoms with E-state index < -0.39 is 0 Å². The summed E-state index contributed by atoms with van der Waals surface area (Å²) in [5.74, 6) is -0.108. The van der Waals surface area contributed by atoms with Gasteiger partial charge in [0.25, 0.3) is 5.91 Å². The van der Waals surface area contributed by atoms with Gasteiger partial charge >= 0.3 is 0 Å². The van der Waals surface area contributed by atoms with E-state index in [1.54, 1.807) is 18.5 Å². The topological polar surface area (TPSA) is 66.5 Å². The summed E-state index contributed by atoms with van der Waals surface area (Å²) in [6.07, 6.45) is 4.31. The molecular formula is C13H20N4O2. The van der Waals surface area contributed by atoms with Crippen LogP contribution < -0.4 is 10.7 Å². The molecule has 0 aliphatic carbocycles. The summed E-state index contributed by atoms with van der Waals surface area (Å²) in [7, 11) is 0. The first-order valence-electron chi connectivity index (χ1n) is 6.63. The van der Waals surface area contributed by atoms with Gasteiger partial charge in [-0.15, -0.1) is 0 Å². The highest BCUT2D eigenvalue weighted by molar-refractivity contribution is 5.99. The molecule has 1 aromatic heterocycles. The summed E-state index contributed by atoms with van der Waals surface area (Å²) >= 11 is 0. The number of carbonyl (C=O) groups is 1. The molecule has 0 bridgehead atoms. The molecule has 0 radical (unpaired) electrons. The first-order chi connectivity index (χ1) is 9.31. The summed E-state index contributed by atoms with van der Waals surface area (Å²) in [6, 6.07) is 1.73. The van der Waals surface area contributed by atoms with Crippen molar-refractivity contribution < 1.29 is 9.53 Å². The molecule has 1 aliphatic rings. The number of pyridine rings is 1. The van der Waals surface area contributed by atoms with Crippen molar-refractivity contribution in [2.24, 2.45) is 0 Å². The lowest BCUT2D eigenvalue weighted by Crippen LogP contribution is -2.48. The van der Waals surface area contributed by atoms with E-state index in [9.17, 15) is 4.79 Å². The van der Waals surface area contributed by atoms with Gasteiger partial charge in [-0.1, -0.05) is 6.92 Å². The molecule has 1 aliphatic heterocycles. The summed E-state index contributed by atoms with van der Waals surface area (Å²) in [4.78, 5) is 16.3. The lowest BCUT2D eigenvalue weighted by atomic mass is 10.2. The van der Waals surface area contributed by atoms with Crippen molar-refractivity contribution in [2.75, 3.05) is 38.2 Å². The molecular weight excluding hydrogens is 244 g/mol. The van der Waals surface area contributed by atoms with Crippen molar-refractivity contribution >= 4 is 11.6 Å². The van der Waals surface area contributed by atoms with Gasteiger partial charge in [-0.3, -0.25) is 15.2 Å². The minimum Gasteiger partial charge on any atom is -0.383 e. The van der Waals surface area contributed by atoms with Gasteiger partial charge < -0.3 is 10.1 Å². The van der Waals surface area contributed by atoms with Gasteiger partial charge in [0.1, 0.15) is 0 Å². The van der Waals surface area contributed by atoms with Crippen LogP contribution in [-0.4, -0.2) is 48.7 Å². The van der Waals surface area contributed by atoms with Crippen LogP contribution in [0, 0.1) is 0 Å². The van der Waals surface area contributed by atoms with E-state index in [1.165, 1.54) is 0 Å². The molecule has 0 unspecified atom stereocenters. The molecule has 0 saturated carbocycles. The summed E-state index contributed by atoms with van der Waals surface area (Å²) in [5, 5.41) is 5.10. The van der Waals surface area contributed by atoms with Crippen LogP contribution in [0.2, 0.25) is 0 Å². The standard InChI is InChI=1S/C13H20N4O2/c1-2-4-15-12-10-14-5-3-11(12)13(18)16-17-6-8-19-9-7-17/h3,5,10,15H,2,4,6-9H2,1H3,(H,16,18). The fourth-order valence-corrected chi connectivity index (χ4v) is 1.87. The molecule has 0 aromatic carbocycles. The molecule has 0 atom stereocenters. The van der Waals surface area contributed by atoms with E-state index in [1.807, 2.05) is 5.01 Å². The van der Waals surface area contributed by atoms with Crippen molar-refractivity contribution in [1.82, 2.24) is 15.4 Å². The summed E-state index contributed by atoms with van der Waals surface area (Å²) < 4.78 is 5.25. The van der Waals surface area contributed by atoms with E-state index in [-0.39, 0.29) is 5.91 Å². The third-order valence-electron chi connectivity index (χ3n) is 2.90. The highest BCUT2D eigenvalue weighted by Crippen LogP contribution is 2.13. The average molecular weight is 264 g/mol. The molecule has 19 heavy (non-hydrogen) atoms. The van der Waals surface area contributed by atoms with Crippen LogP contribution in [0.4, 0.5) is 5.69 Å². The number of morpholine rings is 1. The maximum Gasteiger partial charge on any atom is 0.267 e. The second kappa shape index (κ2) is 7.06. The number of amides is 1. The van der Waals surface area contributed by atoms with Crippen LogP contribution in [0.5, 0.6) is 0 Å². The number of hydrogen-bond acceptors (Lipinski definition) is 5. The molecule has 6 heteroatoms. The van der Waals surface area contributed by atoms with Gasteiger partial charge in [0.05, 0.1) is 30.7 Å². The predicted octanol–water partition coefficient (Wildman–Crippen LogP) is 0.880. The second-order valence-corrected chi connectivity index (χ2v) is 4.39. The van der Waals surface area contributed by atoms with Gasteiger partial charge in [0.15, 0.2) is 0 Å². The maximum atomic E-state index is 12.2. The quantitative estimate of drug-likeness (QED) is 0.826. The van der Waals surface area contributed by atoms with E-state index >= 15 is 0 Å². The monoisotopic (exact) mass is 264 g/mol. The van der Waals surface area contributed by atoms with E-state index in [0.29, 0.717) is 31.9 Å². The first-order valence-corrected chi connectivity index (χ1v) is 6.63. The van der Waals surface area contributed by atoms with Gasteiger partial charge in [0.2, 0.25) is 0 Å². The zero-order valence-electron chi connectivity index (χ0n) is 11.2. The van der Waals surface area contributed by atoms with Crippen LogP contribution in [0.1, 0.15) is 23.7 Å². The minimum atomic E-state index is -0.108. The van der Waals surface area contributed by atoms with E-state index in [4.69, 9.17) is 4.74 Å². The van der Waals surface area contributed by atoms with Gasteiger partial charge in [-0.05, 0) is 12.5 Å². The molecule has 104 valence electrons. The molecule has 0 spiro atoms. The number of ether oxygens (including phenoxy) is 1. The van der Waals surface area contributed by atoms with Crippen molar-refractivity contribution in [1.29, 1.82) is 0 Å². The molecule has 2 N–H and O–H groups in total. The van der Waals surface area contributed by atoms with Crippen LogP contribution in [0.25, 0.3) is 0 Å². The Morgan fingerprint density at radius 1 is 1.47 bits per heavy atom. The fraction of sp³-hybridized carbons (Fsp3) is 0.538. The number of anilines is 1. The first kappa shape index (κ1) is 13.8. The molecule has 1 saturated heterocycles. The Hall–Kier alpha value is -1.66. The number of hydrogen-bond donors (Lipinski definition) is 2. The van der Waals surface area contributed by atoms with Gasteiger partial charge in [0, 0.05) is 25.8 Å². The van der Waals surface area contributed by atoms with Crippen LogP contribution in [-0.2, 0) is 4.74 Å². The smallest absolute Gasteiger partial charge is 0.267 e. The number of nitrogens with one attached hydrogen (secondary N) is 2. The van der Waals surface area contributed by atoms with Crippen molar-refractivity contribution in [2.45, 2.75) is 13.3 Å². The number of hydrazine groups is 1. The Bertz CT molecular complexity index is 419. The second-order valence-electron chi connectivity index (χ2n) is 4.39. The number of rotatable bonds is 5. The molecule has 6 nitrogen and oxygen atoms in total. The number of nitrogens with zero attached hydrogens (tertiary/aromatic N) is 2. The molecule has 1 fully saturated rings. The van der Waals surface area contributed by atoms with E-state index in [0.717, 1.165) is 18.7 Å². The van der Waals surface area contributed by atoms with Crippen molar-refractivity contribution in [3.05, 3.63) is 24.0 Å². The fourth-order valence-electron chi connectivity index (χ4n) is 1.87. The normalized spacial score (nSPS) is 16.1. The van der Waals surface area contributed by atoms with Crippen LogP contribution >= 0.6 is 0 Å². The molecule has 1 aromatic rings. The van der Waals surface area contributed by atoms with Gasteiger partial charge in [-0.2, -0.15) is 0 Å². The van der Waals surface area contributed by atoms with Crippen LogP contribution in [0.3, 0.4) is 0 Å². The molecule has 1 amide bonds. The van der Waals surface area contributed by atoms with E-state index in [2.05, 4.69) is 22.7 Å². The largest absolute Gasteiger partial charge is 0.383 e. The Morgan fingerprint density at radius 2 is 2.26 bits per heavy atom. The number of aromatic nitrogens is 1. The number of carbonyl (C=O) groups excluding carboxylic acids is 1. The predicted molar refractivity (Wildman–Crippen MR) is 72.9 cm³/mol. The minimum absolute atomic E-state index is 0.108. The molecule has 2 rings (SSSR count). The Labute approximate surface area is 113 Å². The average Bonchev–Trinajstić information content (AvgIpc) is 2.46. The van der Waals surface area contributed by atoms with Gasteiger partial charge in [-0.25, -0.2) is 5.01 Å². The lowest BCUT2D eigenvalue weighted by Gasteiger charge is -2.27. The maximum absolute atomic E-state index is 12.2.